The molecular formula is C20H13ClF4N6OS. The third kappa shape index (κ3) is 5.22. The van der Waals surface area contributed by atoms with Crippen LogP contribution in [0, 0.1) is 5.82 Å². The number of carbonyl (C=O) groups excluding carboxylic acids is 1. The molecule has 0 radical (unpaired) electrons. The molecule has 0 saturated carbocycles. The number of rotatable bonds is 6. The highest BCUT2D eigenvalue weighted by Gasteiger charge is 2.31. The van der Waals surface area contributed by atoms with Crippen LogP contribution in [0.4, 0.5) is 23.2 Å². The molecule has 4 rings (SSSR count). The molecule has 0 spiro atoms. The summed E-state index contributed by atoms with van der Waals surface area (Å²) in [5.41, 5.74) is -0.0325. The molecule has 0 aliphatic heterocycles. The van der Waals surface area contributed by atoms with Crippen molar-refractivity contribution < 1.29 is 22.4 Å². The van der Waals surface area contributed by atoms with Gasteiger partial charge in [0, 0.05) is 5.56 Å². The van der Waals surface area contributed by atoms with Gasteiger partial charge in [0.15, 0.2) is 11.2 Å². The summed E-state index contributed by atoms with van der Waals surface area (Å²) in [4.78, 5) is 20.5. The fourth-order valence-corrected chi connectivity index (χ4v) is 3.78. The summed E-state index contributed by atoms with van der Waals surface area (Å²) >= 11 is 6.91. The van der Waals surface area contributed by atoms with Crippen LogP contribution in [0.2, 0.25) is 5.02 Å². The number of benzene rings is 2. The van der Waals surface area contributed by atoms with E-state index >= 15 is 0 Å². The van der Waals surface area contributed by atoms with Crippen LogP contribution in [0.1, 0.15) is 11.1 Å². The second-order valence-corrected chi connectivity index (χ2v) is 8.09. The number of aromatic nitrogens is 5. The standard InChI is InChI=1S/C20H13ClF4N6OS/c21-13-6-5-12(20(23,24)25)7-15(13)28-16(32)9-33-19-17-18(26-10-27-19)31(30-29-17)8-11-3-1-2-4-14(11)22/h1-7,10H,8-9H2,(H,28,32). The van der Waals surface area contributed by atoms with E-state index in [-0.39, 0.29) is 23.0 Å². The molecule has 1 amide bonds. The van der Waals surface area contributed by atoms with Crippen molar-refractivity contribution in [1.82, 2.24) is 25.0 Å². The molecule has 0 fully saturated rings. The van der Waals surface area contributed by atoms with E-state index < -0.39 is 23.5 Å². The molecule has 170 valence electrons. The van der Waals surface area contributed by atoms with Crippen LogP contribution in [0.25, 0.3) is 11.2 Å². The third-order valence-corrected chi connectivity index (χ3v) is 5.76. The van der Waals surface area contributed by atoms with Crippen LogP contribution in [0.5, 0.6) is 0 Å². The van der Waals surface area contributed by atoms with Crippen LogP contribution in [-0.4, -0.2) is 36.6 Å². The topological polar surface area (TPSA) is 85.6 Å². The monoisotopic (exact) mass is 496 g/mol. The molecule has 4 aromatic rings. The van der Waals surface area contributed by atoms with Gasteiger partial charge in [-0.1, -0.05) is 46.8 Å². The van der Waals surface area contributed by atoms with Crippen molar-refractivity contribution in [2.24, 2.45) is 0 Å². The number of fused-ring (bicyclic) bond motifs is 1. The Morgan fingerprint density at radius 2 is 1.94 bits per heavy atom. The highest BCUT2D eigenvalue weighted by Crippen LogP contribution is 2.34. The first-order valence-corrected chi connectivity index (χ1v) is 10.7. The lowest BCUT2D eigenvalue weighted by atomic mass is 10.2. The van der Waals surface area contributed by atoms with E-state index in [1.54, 1.807) is 18.2 Å². The number of hydrogen-bond acceptors (Lipinski definition) is 6. The van der Waals surface area contributed by atoms with E-state index in [4.69, 9.17) is 11.6 Å². The van der Waals surface area contributed by atoms with Gasteiger partial charge in [-0.3, -0.25) is 4.79 Å². The maximum Gasteiger partial charge on any atom is 0.416 e. The number of amides is 1. The van der Waals surface area contributed by atoms with E-state index in [9.17, 15) is 22.4 Å². The quantitative estimate of drug-likeness (QED) is 0.234. The van der Waals surface area contributed by atoms with Gasteiger partial charge in [0.1, 0.15) is 17.2 Å². The second kappa shape index (κ2) is 9.32. The Morgan fingerprint density at radius 3 is 2.70 bits per heavy atom. The van der Waals surface area contributed by atoms with Crippen molar-refractivity contribution in [3.63, 3.8) is 0 Å². The summed E-state index contributed by atoms with van der Waals surface area (Å²) in [6.45, 7) is 0.0961. The SMILES string of the molecule is O=C(CSc1ncnc2c1nnn2Cc1ccccc1F)Nc1cc(C(F)(F)F)ccc1Cl. The molecule has 13 heteroatoms. The summed E-state index contributed by atoms with van der Waals surface area (Å²) in [6, 6.07) is 8.88. The normalized spacial score (nSPS) is 11.7. The summed E-state index contributed by atoms with van der Waals surface area (Å²) < 4.78 is 54.1. The molecule has 7 nitrogen and oxygen atoms in total. The highest BCUT2D eigenvalue weighted by molar-refractivity contribution is 8.00. The Labute approximate surface area is 193 Å². The minimum Gasteiger partial charge on any atom is -0.324 e. The molecule has 33 heavy (non-hydrogen) atoms. The lowest BCUT2D eigenvalue weighted by Gasteiger charge is -2.11. The summed E-state index contributed by atoms with van der Waals surface area (Å²) in [6.07, 6.45) is -3.31. The van der Waals surface area contributed by atoms with Gasteiger partial charge in [-0.2, -0.15) is 13.2 Å². The average molecular weight is 497 g/mol. The predicted molar refractivity (Wildman–Crippen MR) is 114 cm³/mol. The smallest absolute Gasteiger partial charge is 0.324 e. The Kier molecular flexibility index (Phi) is 6.47. The fourth-order valence-electron chi connectivity index (χ4n) is 2.89. The lowest BCUT2D eigenvalue weighted by Crippen LogP contribution is -2.15. The summed E-state index contributed by atoms with van der Waals surface area (Å²) in [5.74, 6) is -1.17. The molecule has 0 bridgehead atoms. The Hall–Kier alpha value is -3.25. The summed E-state index contributed by atoms with van der Waals surface area (Å²) in [7, 11) is 0. The minimum absolute atomic E-state index is 0.0261. The molecule has 2 aromatic carbocycles. The van der Waals surface area contributed by atoms with Gasteiger partial charge in [-0.15, -0.1) is 5.10 Å². The first-order valence-electron chi connectivity index (χ1n) is 9.29. The first kappa shape index (κ1) is 22.9. The molecule has 0 atom stereocenters. The fraction of sp³-hybridized carbons (Fsp3) is 0.150. The number of alkyl halides is 3. The zero-order chi connectivity index (χ0) is 23.6. The van der Waals surface area contributed by atoms with Crippen LogP contribution >= 0.6 is 23.4 Å². The van der Waals surface area contributed by atoms with E-state index in [0.29, 0.717) is 21.8 Å². The summed E-state index contributed by atoms with van der Waals surface area (Å²) in [5, 5.41) is 10.7. The Morgan fingerprint density at radius 1 is 1.15 bits per heavy atom. The van der Waals surface area contributed by atoms with E-state index in [1.807, 2.05) is 0 Å². The van der Waals surface area contributed by atoms with Gasteiger partial charge in [0.25, 0.3) is 0 Å². The number of halogens is 5. The predicted octanol–water partition coefficient (Wildman–Crippen LogP) is 4.81. The van der Waals surface area contributed by atoms with E-state index in [0.717, 1.165) is 30.0 Å². The molecule has 2 aromatic heterocycles. The molecular weight excluding hydrogens is 484 g/mol. The van der Waals surface area contributed by atoms with Gasteiger partial charge in [-0.25, -0.2) is 19.0 Å². The number of nitrogens with one attached hydrogen (secondary N) is 1. The van der Waals surface area contributed by atoms with Crippen LogP contribution in [-0.2, 0) is 17.5 Å². The van der Waals surface area contributed by atoms with Gasteiger partial charge >= 0.3 is 6.18 Å². The zero-order valence-electron chi connectivity index (χ0n) is 16.5. The van der Waals surface area contributed by atoms with Crippen molar-refractivity contribution >= 4 is 46.1 Å². The van der Waals surface area contributed by atoms with Crippen LogP contribution in [0.15, 0.2) is 53.8 Å². The number of anilines is 1. The molecule has 0 aliphatic carbocycles. The molecule has 0 unspecified atom stereocenters. The van der Waals surface area contributed by atoms with Crippen LogP contribution in [0.3, 0.4) is 0 Å². The van der Waals surface area contributed by atoms with Crippen molar-refractivity contribution in [2.75, 3.05) is 11.1 Å². The molecule has 0 aliphatic rings. The zero-order valence-corrected chi connectivity index (χ0v) is 18.0. The third-order valence-electron chi connectivity index (χ3n) is 4.45. The van der Waals surface area contributed by atoms with Gasteiger partial charge in [0.2, 0.25) is 5.91 Å². The van der Waals surface area contributed by atoms with Crippen molar-refractivity contribution in [3.05, 3.63) is 70.8 Å². The molecule has 1 N–H and O–H groups in total. The van der Waals surface area contributed by atoms with Crippen LogP contribution < -0.4 is 5.32 Å². The number of nitrogens with zero attached hydrogens (tertiary/aromatic N) is 5. The van der Waals surface area contributed by atoms with Crippen molar-refractivity contribution in [1.29, 1.82) is 0 Å². The first-order chi connectivity index (χ1) is 15.7. The number of thioether (sulfide) groups is 1. The lowest BCUT2D eigenvalue weighted by molar-refractivity contribution is -0.137. The minimum atomic E-state index is -4.57. The van der Waals surface area contributed by atoms with E-state index in [1.165, 1.54) is 17.1 Å². The highest BCUT2D eigenvalue weighted by atomic mass is 35.5. The van der Waals surface area contributed by atoms with E-state index in [2.05, 4.69) is 25.6 Å². The average Bonchev–Trinajstić information content (AvgIpc) is 3.18. The van der Waals surface area contributed by atoms with Gasteiger partial charge in [0.05, 0.1) is 28.6 Å². The molecule has 0 saturated heterocycles. The second-order valence-electron chi connectivity index (χ2n) is 6.72. The molecule has 2 heterocycles. The van der Waals surface area contributed by atoms with Crippen molar-refractivity contribution in [2.45, 2.75) is 17.7 Å². The number of carbonyl (C=O) groups is 1. The Balaban J connectivity index is 1.47. The van der Waals surface area contributed by atoms with Crippen molar-refractivity contribution in [3.8, 4) is 0 Å². The Bertz CT molecular complexity index is 1330. The van der Waals surface area contributed by atoms with Gasteiger partial charge < -0.3 is 5.32 Å². The maximum atomic E-state index is 14.0. The maximum absolute atomic E-state index is 14.0. The number of hydrogen-bond donors (Lipinski definition) is 1. The van der Waals surface area contributed by atoms with Gasteiger partial charge in [-0.05, 0) is 24.3 Å². The largest absolute Gasteiger partial charge is 0.416 e.